The lowest BCUT2D eigenvalue weighted by atomic mass is 10.1. The van der Waals surface area contributed by atoms with Crippen molar-refractivity contribution in [3.8, 4) is 0 Å². The van der Waals surface area contributed by atoms with Gasteiger partial charge >= 0.3 is 0 Å². The zero-order valence-corrected chi connectivity index (χ0v) is 25.8. The monoisotopic (exact) mass is 589 g/mol. The second-order valence-corrected chi connectivity index (χ2v) is 12.9. The topological polar surface area (TPSA) is 86.8 Å². The van der Waals surface area contributed by atoms with E-state index >= 15 is 0 Å². The molecule has 0 aromatic heterocycles. The Bertz CT molecular complexity index is 1440. The lowest BCUT2D eigenvalue weighted by molar-refractivity contribution is -0.139. The summed E-state index contributed by atoms with van der Waals surface area (Å²) in [5.41, 5.74) is 3.28. The van der Waals surface area contributed by atoms with Gasteiger partial charge in [0.25, 0.3) is 10.0 Å². The first-order valence-corrected chi connectivity index (χ1v) is 16.5. The molecule has 1 aliphatic carbocycles. The zero-order chi connectivity index (χ0) is 30.1. The molecule has 1 N–H and O–H groups in total. The van der Waals surface area contributed by atoms with Gasteiger partial charge in [-0.3, -0.25) is 13.9 Å². The van der Waals surface area contributed by atoms with E-state index in [1.807, 2.05) is 63.2 Å². The Kier molecular flexibility index (Phi) is 10.8. The third-order valence-electron chi connectivity index (χ3n) is 8.10. The van der Waals surface area contributed by atoms with E-state index in [2.05, 4.69) is 5.32 Å². The van der Waals surface area contributed by atoms with Crippen molar-refractivity contribution in [2.45, 2.75) is 82.7 Å². The highest BCUT2D eigenvalue weighted by Crippen LogP contribution is 2.28. The SMILES string of the molecule is CCc1ccccc1N(CC(=O)N(CCc1ccccc1)[C@H](CC)C(=O)NC1CCCC1)S(=O)(=O)c1ccc(C)cc1. The van der Waals surface area contributed by atoms with Crippen LogP contribution in [0.3, 0.4) is 0 Å². The van der Waals surface area contributed by atoms with E-state index in [1.54, 1.807) is 41.3 Å². The molecule has 1 aliphatic rings. The van der Waals surface area contributed by atoms with Crippen molar-refractivity contribution in [3.63, 3.8) is 0 Å². The first-order chi connectivity index (χ1) is 20.2. The largest absolute Gasteiger partial charge is 0.352 e. The molecule has 0 radical (unpaired) electrons. The third kappa shape index (κ3) is 7.59. The van der Waals surface area contributed by atoms with E-state index < -0.39 is 28.5 Å². The van der Waals surface area contributed by atoms with Crippen molar-refractivity contribution >= 4 is 27.5 Å². The Balaban J connectivity index is 1.70. The van der Waals surface area contributed by atoms with Crippen LogP contribution in [0.5, 0.6) is 0 Å². The summed E-state index contributed by atoms with van der Waals surface area (Å²) in [5, 5.41) is 3.16. The molecule has 0 aliphatic heterocycles. The van der Waals surface area contributed by atoms with Crippen LogP contribution in [0.25, 0.3) is 0 Å². The molecular weight excluding hydrogens is 546 g/mol. The fourth-order valence-electron chi connectivity index (χ4n) is 5.67. The molecule has 1 atom stereocenters. The van der Waals surface area contributed by atoms with Gasteiger partial charge in [-0.25, -0.2) is 8.42 Å². The molecule has 4 rings (SSSR count). The molecule has 2 amide bonds. The molecule has 8 heteroatoms. The maximum absolute atomic E-state index is 14.3. The van der Waals surface area contributed by atoms with Crippen LogP contribution < -0.4 is 9.62 Å². The fraction of sp³-hybridized carbons (Fsp3) is 0.412. The number of carbonyl (C=O) groups is 2. The number of aryl methyl sites for hydroxylation is 2. The highest BCUT2D eigenvalue weighted by Gasteiger charge is 2.34. The van der Waals surface area contributed by atoms with Gasteiger partial charge in [0.1, 0.15) is 12.6 Å². The maximum Gasteiger partial charge on any atom is 0.264 e. The van der Waals surface area contributed by atoms with Crippen molar-refractivity contribution in [2.75, 3.05) is 17.4 Å². The number of hydrogen-bond acceptors (Lipinski definition) is 4. The smallest absolute Gasteiger partial charge is 0.264 e. The summed E-state index contributed by atoms with van der Waals surface area (Å²) in [5.74, 6) is -0.575. The van der Waals surface area contributed by atoms with Gasteiger partial charge in [-0.05, 0) is 68.4 Å². The molecule has 3 aromatic carbocycles. The predicted molar refractivity (Wildman–Crippen MR) is 168 cm³/mol. The molecule has 0 saturated heterocycles. The first-order valence-electron chi connectivity index (χ1n) is 15.1. The molecule has 0 unspecified atom stereocenters. The molecular formula is C34H43N3O4S. The molecule has 1 saturated carbocycles. The van der Waals surface area contributed by atoms with Crippen LogP contribution in [0, 0.1) is 6.92 Å². The summed E-state index contributed by atoms with van der Waals surface area (Å²) < 4.78 is 29.5. The van der Waals surface area contributed by atoms with E-state index in [0.29, 0.717) is 31.5 Å². The number of nitrogens with zero attached hydrogens (tertiary/aromatic N) is 2. The fourth-order valence-corrected chi connectivity index (χ4v) is 7.12. The minimum atomic E-state index is -4.09. The number of nitrogens with one attached hydrogen (secondary N) is 1. The van der Waals surface area contributed by atoms with Gasteiger partial charge in [0.15, 0.2) is 0 Å². The zero-order valence-electron chi connectivity index (χ0n) is 25.0. The van der Waals surface area contributed by atoms with E-state index in [1.165, 1.54) is 4.31 Å². The number of amides is 2. The molecule has 42 heavy (non-hydrogen) atoms. The number of sulfonamides is 1. The minimum Gasteiger partial charge on any atom is -0.352 e. The van der Waals surface area contributed by atoms with Gasteiger partial charge in [-0.1, -0.05) is 92.9 Å². The summed E-state index contributed by atoms with van der Waals surface area (Å²) in [6.07, 6.45) is 5.63. The standard InChI is InChI=1S/C34H43N3O4S/c1-4-28-15-9-12-18-32(28)37(42(40,41)30-21-19-26(3)20-22-30)25-33(38)36(24-23-27-13-7-6-8-14-27)31(5-2)34(39)35-29-16-10-11-17-29/h6-9,12-15,18-22,29,31H,4-5,10-11,16-17,23-25H2,1-3H3,(H,35,39)/t31-/m1/s1. The highest BCUT2D eigenvalue weighted by molar-refractivity contribution is 7.92. The minimum absolute atomic E-state index is 0.118. The number of rotatable bonds is 13. The first kappa shape index (κ1) is 31.3. The van der Waals surface area contributed by atoms with Gasteiger partial charge in [0.05, 0.1) is 10.6 Å². The summed E-state index contributed by atoms with van der Waals surface area (Å²) in [6.45, 7) is 5.65. The van der Waals surface area contributed by atoms with Gasteiger partial charge in [-0.15, -0.1) is 0 Å². The Morgan fingerprint density at radius 1 is 0.905 bits per heavy atom. The van der Waals surface area contributed by atoms with E-state index in [0.717, 1.165) is 42.4 Å². The number of benzene rings is 3. The summed E-state index contributed by atoms with van der Waals surface area (Å²) >= 11 is 0. The Morgan fingerprint density at radius 3 is 2.19 bits per heavy atom. The van der Waals surface area contributed by atoms with Gasteiger partial charge < -0.3 is 10.2 Å². The summed E-state index contributed by atoms with van der Waals surface area (Å²) in [6, 6.07) is 23.2. The van der Waals surface area contributed by atoms with Crippen LogP contribution in [-0.4, -0.2) is 50.3 Å². The average Bonchev–Trinajstić information content (AvgIpc) is 3.51. The predicted octanol–water partition coefficient (Wildman–Crippen LogP) is 5.66. The van der Waals surface area contributed by atoms with Crippen LogP contribution in [0.15, 0.2) is 83.8 Å². The van der Waals surface area contributed by atoms with E-state index in [4.69, 9.17) is 0 Å². The van der Waals surface area contributed by atoms with Crippen LogP contribution >= 0.6 is 0 Å². The van der Waals surface area contributed by atoms with Crippen molar-refractivity contribution < 1.29 is 18.0 Å². The average molecular weight is 590 g/mol. The van der Waals surface area contributed by atoms with Gasteiger partial charge in [0.2, 0.25) is 11.8 Å². The molecule has 224 valence electrons. The number of para-hydroxylation sites is 1. The van der Waals surface area contributed by atoms with Crippen LogP contribution in [-0.2, 0) is 32.5 Å². The van der Waals surface area contributed by atoms with Crippen molar-refractivity contribution in [3.05, 3.63) is 95.6 Å². The Labute approximate surface area is 251 Å². The number of carbonyl (C=O) groups excluding carboxylic acids is 2. The molecule has 7 nitrogen and oxygen atoms in total. The second kappa shape index (κ2) is 14.5. The van der Waals surface area contributed by atoms with Gasteiger partial charge in [-0.2, -0.15) is 0 Å². The van der Waals surface area contributed by atoms with E-state index in [-0.39, 0.29) is 16.8 Å². The van der Waals surface area contributed by atoms with Crippen molar-refractivity contribution in [1.82, 2.24) is 10.2 Å². The molecule has 1 fully saturated rings. The number of hydrogen-bond donors (Lipinski definition) is 1. The van der Waals surface area contributed by atoms with Gasteiger partial charge in [0, 0.05) is 12.6 Å². The highest BCUT2D eigenvalue weighted by atomic mass is 32.2. The lowest BCUT2D eigenvalue weighted by Crippen LogP contribution is -2.54. The third-order valence-corrected chi connectivity index (χ3v) is 9.87. The van der Waals surface area contributed by atoms with Crippen LogP contribution in [0.4, 0.5) is 5.69 Å². The molecule has 0 bridgehead atoms. The Morgan fingerprint density at radius 2 is 1.55 bits per heavy atom. The lowest BCUT2D eigenvalue weighted by Gasteiger charge is -2.34. The Hall–Kier alpha value is -3.65. The molecule has 3 aromatic rings. The number of anilines is 1. The quantitative estimate of drug-likeness (QED) is 0.279. The normalized spacial score (nSPS) is 14.4. The second-order valence-electron chi connectivity index (χ2n) is 11.0. The van der Waals surface area contributed by atoms with Crippen LogP contribution in [0.1, 0.15) is 62.6 Å². The maximum atomic E-state index is 14.3. The molecule has 0 spiro atoms. The molecule has 0 heterocycles. The summed E-state index contributed by atoms with van der Waals surface area (Å²) in [7, 11) is -4.09. The van der Waals surface area contributed by atoms with E-state index in [9.17, 15) is 18.0 Å². The van der Waals surface area contributed by atoms with Crippen molar-refractivity contribution in [1.29, 1.82) is 0 Å². The van der Waals surface area contributed by atoms with Crippen LogP contribution in [0.2, 0.25) is 0 Å². The van der Waals surface area contributed by atoms with Crippen molar-refractivity contribution in [2.24, 2.45) is 0 Å². The summed E-state index contributed by atoms with van der Waals surface area (Å²) in [4.78, 5) is 29.5.